The van der Waals surface area contributed by atoms with Crippen LogP contribution in [0.5, 0.6) is 0 Å². The summed E-state index contributed by atoms with van der Waals surface area (Å²) in [7, 11) is 3.78. The minimum atomic E-state index is 0.720. The normalized spacial score (nSPS) is 11.1. The van der Waals surface area contributed by atoms with Crippen molar-refractivity contribution in [2.24, 2.45) is 12.8 Å². The molecule has 0 bridgehead atoms. The third kappa shape index (κ3) is 3.47. The molecule has 2 N–H and O–H groups in total. The number of rotatable bonds is 5. The van der Waals surface area contributed by atoms with Crippen LogP contribution in [0.25, 0.3) is 0 Å². The molecular formula is C7H16N6. The predicted molar refractivity (Wildman–Crippen MR) is 48.8 cm³/mol. The number of hydrogen-bond donors (Lipinski definition) is 1. The molecule has 0 aromatic carbocycles. The van der Waals surface area contributed by atoms with Crippen LogP contribution in [0, 0.1) is 0 Å². The van der Waals surface area contributed by atoms with Gasteiger partial charge in [0.2, 0.25) is 0 Å². The monoisotopic (exact) mass is 184 g/mol. The number of nitrogens with two attached hydrogens (primary N) is 1. The van der Waals surface area contributed by atoms with E-state index in [1.807, 2.05) is 7.05 Å². The van der Waals surface area contributed by atoms with Crippen LogP contribution < -0.4 is 5.73 Å². The van der Waals surface area contributed by atoms with Gasteiger partial charge in [0.05, 0.1) is 13.6 Å². The second-order valence-corrected chi connectivity index (χ2v) is 3.08. The average molecular weight is 184 g/mol. The van der Waals surface area contributed by atoms with E-state index in [1.54, 1.807) is 7.05 Å². The molecule has 0 fully saturated rings. The molecule has 6 heteroatoms. The number of aromatic nitrogens is 4. The second kappa shape index (κ2) is 4.88. The zero-order chi connectivity index (χ0) is 9.68. The topological polar surface area (TPSA) is 72.9 Å². The fraction of sp³-hybridized carbons (Fsp3) is 0.857. The third-order valence-corrected chi connectivity index (χ3v) is 1.71. The van der Waals surface area contributed by atoms with Crippen molar-refractivity contribution in [3.8, 4) is 0 Å². The van der Waals surface area contributed by atoms with E-state index >= 15 is 0 Å². The van der Waals surface area contributed by atoms with Crippen molar-refractivity contribution in [3.05, 3.63) is 5.82 Å². The fourth-order valence-corrected chi connectivity index (χ4v) is 1.07. The summed E-state index contributed by atoms with van der Waals surface area (Å²) in [4.78, 5) is 3.59. The lowest BCUT2D eigenvalue weighted by Crippen LogP contribution is -2.22. The van der Waals surface area contributed by atoms with Crippen LogP contribution >= 0.6 is 0 Å². The highest BCUT2D eigenvalue weighted by molar-refractivity contribution is 4.75. The molecule has 0 saturated heterocycles. The van der Waals surface area contributed by atoms with E-state index in [0.29, 0.717) is 0 Å². The molecule has 0 atom stereocenters. The molecule has 0 aliphatic heterocycles. The summed E-state index contributed by atoms with van der Waals surface area (Å²) in [6.07, 6.45) is 0.997. The van der Waals surface area contributed by atoms with E-state index in [0.717, 1.165) is 31.9 Å². The highest BCUT2D eigenvalue weighted by Gasteiger charge is 2.03. The summed E-state index contributed by atoms with van der Waals surface area (Å²) >= 11 is 0. The maximum absolute atomic E-state index is 5.40. The molecule has 74 valence electrons. The van der Waals surface area contributed by atoms with E-state index in [9.17, 15) is 0 Å². The molecule has 0 aliphatic carbocycles. The van der Waals surface area contributed by atoms with Gasteiger partial charge in [0.15, 0.2) is 5.82 Å². The first-order valence-electron chi connectivity index (χ1n) is 4.34. The van der Waals surface area contributed by atoms with Crippen LogP contribution in [0.3, 0.4) is 0 Å². The first-order chi connectivity index (χ1) is 6.22. The molecule has 13 heavy (non-hydrogen) atoms. The third-order valence-electron chi connectivity index (χ3n) is 1.71. The maximum atomic E-state index is 5.40. The van der Waals surface area contributed by atoms with Gasteiger partial charge in [-0.3, -0.25) is 4.90 Å². The van der Waals surface area contributed by atoms with Crippen molar-refractivity contribution in [1.29, 1.82) is 0 Å². The van der Waals surface area contributed by atoms with Crippen LogP contribution in [0.4, 0.5) is 0 Å². The minimum Gasteiger partial charge on any atom is -0.330 e. The summed E-state index contributed by atoms with van der Waals surface area (Å²) in [5.74, 6) is 0.752. The van der Waals surface area contributed by atoms with Crippen LogP contribution in [-0.2, 0) is 13.6 Å². The molecule has 0 radical (unpaired) electrons. The fourth-order valence-electron chi connectivity index (χ4n) is 1.07. The minimum absolute atomic E-state index is 0.720. The van der Waals surface area contributed by atoms with Crippen molar-refractivity contribution in [2.75, 3.05) is 20.1 Å². The van der Waals surface area contributed by atoms with E-state index in [-0.39, 0.29) is 0 Å². The van der Waals surface area contributed by atoms with Crippen LogP contribution in [-0.4, -0.2) is 45.2 Å². The average Bonchev–Trinajstić information content (AvgIpc) is 2.48. The zero-order valence-electron chi connectivity index (χ0n) is 8.14. The molecule has 6 nitrogen and oxygen atoms in total. The molecular weight excluding hydrogens is 168 g/mol. The van der Waals surface area contributed by atoms with E-state index < -0.39 is 0 Å². The van der Waals surface area contributed by atoms with Gasteiger partial charge in [-0.1, -0.05) is 0 Å². The van der Waals surface area contributed by atoms with Crippen molar-refractivity contribution in [1.82, 2.24) is 25.1 Å². The Morgan fingerprint density at radius 3 is 2.85 bits per heavy atom. The lowest BCUT2D eigenvalue weighted by molar-refractivity contribution is 0.315. The van der Waals surface area contributed by atoms with E-state index in [4.69, 9.17) is 5.73 Å². The Morgan fingerprint density at radius 2 is 2.31 bits per heavy atom. The summed E-state index contributed by atoms with van der Waals surface area (Å²) < 4.78 is 0. The van der Waals surface area contributed by atoms with Crippen molar-refractivity contribution < 1.29 is 0 Å². The molecule has 1 aromatic rings. The molecule has 1 heterocycles. The predicted octanol–water partition coefficient (Wildman–Crippen LogP) is -1.01. The Bertz CT molecular complexity index is 245. The maximum Gasteiger partial charge on any atom is 0.188 e. The Labute approximate surface area is 77.7 Å². The van der Waals surface area contributed by atoms with Crippen molar-refractivity contribution >= 4 is 0 Å². The molecule has 1 rings (SSSR count). The Morgan fingerprint density at radius 1 is 1.54 bits per heavy atom. The Kier molecular flexibility index (Phi) is 3.78. The van der Waals surface area contributed by atoms with Gasteiger partial charge in [-0.25, -0.2) is 0 Å². The van der Waals surface area contributed by atoms with Gasteiger partial charge >= 0.3 is 0 Å². The smallest absolute Gasteiger partial charge is 0.188 e. The molecule has 0 amide bonds. The van der Waals surface area contributed by atoms with Crippen molar-refractivity contribution in [2.45, 2.75) is 13.0 Å². The molecule has 1 aromatic heterocycles. The van der Waals surface area contributed by atoms with Crippen molar-refractivity contribution in [3.63, 3.8) is 0 Å². The van der Waals surface area contributed by atoms with Gasteiger partial charge in [-0.05, 0) is 31.8 Å². The molecule has 0 saturated carbocycles. The van der Waals surface area contributed by atoms with Crippen LogP contribution in [0.1, 0.15) is 12.2 Å². The SMILES string of the molecule is CN(CCCN)Cc1nnn(C)n1. The highest BCUT2D eigenvalue weighted by Crippen LogP contribution is 1.94. The lowest BCUT2D eigenvalue weighted by atomic mass is 10.4. The lowest BCUT2D eigenvalue weighted by Gasteiger charge is -2.12. The largest absolute Gasteiger partial charge is 0.330 e. The molecule has 0 aliphatic rings. The number of hydrogen-bond acceptors (Lipinski definition) is 5. The van der Waals surface area contributed by atoms with Gasteiger partial charge in [0.1, 0.15) is 0 Å². The van der Waals surface area contributed by atoms with Gasteiger partial charge in [-0.2, -0.15) is 4.80 Å². The first kappa shape index (κ1) is 10.1. The summed E-state index contributed by atoms with van der Waals surface area (Å²) in [6, 6.07) is 0. The van der Waals surface area contributed by atoms with Gasteiger partial charge in [0.25, 0.3) is 0 Å². The van der Waals surface area contributed by atoms with Crippen LogP contribution in [0.15, 0.2) is 0 Å². The summed E-state index contributed by atoms with van der Waals surface area (Å²) in [6.45, 7) is 2.42. The summed E-state index contributed by atoms with van der Waals surface area (Å²) in [5, 5.41) is 11.7. The van der Waals surface area contributed by atoms with Gasteiger partial charge in [0, 0.05) is 0 Å². The number of aryl methyl sites for hydroxylation is 1. The first-order valence-corrected chi connectivity index (χ1v) is 4.34. The Balaban J connectivity index is 2.31. The summed E-state index contributed by atoms with van der Waals surface area (Å²) in [5.41, 5.74) is 5.40. The van der Waals surface area contributed by atoms with E-state index in [2.05, 4.69) is 20.3 Å². The highest BCUT2D eigenvalue weighted by atomic mass is 15.6. The zero-order valence-corrected chi connectivity index (χ0v) is 8.14. The Hall–Kier alpha value is -1.01. The molecule has 0 unspecified atom stereocenters. The van der Waals surface area contributed by atoms with Gasteiger partial charge < -0.3 is 5.73 Å². The number of tetrazole rings is 1. The van der Waals surface area contributed by atoms with E-state index in [1.165, 1.54) is 4.80 Å². The van der Waals surface area contributed by atoms with Crippen LogP contribution in [0.2, 0.25) is 0 Å². The standard InChI is InChI=1S/C7H16N6/c1-12(5-3-4-8)6-7-9-11-13(2)10-7/h3-6,8H2,1-2H3. The quantitative estimate of drug-likeness (QED) is 0.635. The van der Waals surface area contributed by atoms with Gasteiger partial charge in [-0.15, -0.1) is 10.2 Å². The second-order valence-electron chi connectivity index (χ2n) is 3.08. The molecule has 0 spiro atoms. The number of nitrogens with zero attached hydrogens (tertiary/aromatic N) is 5.